The lowest BCUT2D eigenvalue weighted by Gasteiger charge is -2.68. The molecule has 0 heterocycles. The molecule has 0 radical (unpaired) electrons. The molecular weight excluding hydrogens is 404 g/mol. The molecule has 2 fully saturated rings. The summed E-state index contributed by atoms with van der Waals surface area (Å²) in [7, 11) is 3.35. The zero-order valence-corrected chi connectivity index (χ0v) is 21.9. The number of hydrogen-bond donors (Lipinski definition) is 2. The Hall–Kier alpha value is -0.750. The van der Waals surface area contributed by atoms with E-state index in [0.717, 1.165) is 18.3 Å². The summed E-state index contributed by atoms with van der Waals surface area (Å²) in [6.07, 6.45) is 1.65. The van der Waals surface area contributed by atoms with Crippen molar-refractivity contribution in [2.45, 2.75) is 85.5 Å². The summed E-state index contributed by atoms with van der Waals surface area (Å²) in [6, 6.07) is 0. The molecule has 10 atom stereocenters. The smallest absolute Gasteiger partial charge is 0.127 e. The van der Waals surface area contributed by atoms with Gasteiger partial charge in [0.1, 0.15) is 11.9 Å². The number of allylic oxidation sites excluding steroid dienone is 1. The van der Waals surface area contributed by atoms with Crippen LogP contribution in [0.15, 0.2) is 11.1 Å². The normalized spacial score (nSPS) is 50.9. The minimum Gasteiger partial charge on any atom is -0.393 e. The molecule has 3 rings (SSSR count). The van der Waals surface area contributed by atoms with Crippen molar-refractivity contribution in [3.8, 4) is 0 Å². The minimum absolute atomic E-state index is 0.0964. The minimum atomic E-state index is -1.28. The van der Waals surface area contributed by atoms with Crippen LogP contribution in [0.25, 0.3) is 0 Å². The summed E-state index contributed by atoms with van der Waals surface area (Å²) in [5, 5.41) is 23.4. The molecule has 5 nitrogen and oxygen atoms in total. The van der Waals surface area contributed by atoms with Crippen LogP contribution in [0, 0.1) is 46.3 Å². The van der Waals surface area contributed by atoms with Gasteiger partial charge in [-0.2, -0.15) is 0 Å². The van der Waals surface area contributed by atoms with Crippen LogP contribution < -0.4 is 0 Å². The number of methoxy groups -OCH3 is 2. The largest absolute Gasteiger partial charge is 0.393 e. The third kappa shape index (κ3) is 2.93. The molecule has 3 aliphatic carbocycles. The molecule has 0 saturated heterocycles. The number of aliphatic hydroxyl groups excluding tert-OH is 1. The molecule has 0 aliphatic heterocycles. The maximum absolute atomic E-state index is 12.6. The molecule has 0 spiro atoms. The van der Waals surface area contributed by atoms with Gasteiger partial charge in [-0.25, -0.2) is 0 Å². The number of rotatable bonds is 4. The summed E-state index contributed by atoms with van der Waals surface area (Å²) >= 11 is 0. The molecule has 2 saturated carbocycles. The van der Waals surface area contributed by atoms with E-state index in [2.05, 4.69) is 55.4 Å². The van der Waals surface area contributed by atoms with Crippen LogP contribution in [0.4, 0.5) is 0 Å². The Bertz CT molecular complexity index is 768. The fourth-order valence-electron chi connectivity index (χ4n) is 8.70. The topological polar surface area (TPSA) is 76.0 Å². The van der Waals surface area contributed by atoms with Gasteiger partial charge in [-0.15, -0.1) is 0 Å². The highest BCUT2D eigenvalue weighted by Gasteiger charge is 2.70. The van der Waals surface area contributed by atoms with Gasteiger partial charge >= 0.3 is 0 Å². The Kier molecular flexibility index (Phi) is 6.61. The van der Waals surface area contributed by atoms with Gasteiger partial charge < -0.3 is 24.5 Å². The standard InChI is InChI=1S/C27H46O5/c1-15-11-16(2)26(14-29,32-10)22-23(31-9)27(30)12-20(13-28)18(4)21(24(27,6)7)17(3)19(5)25(15,22)8/h13,15-17,19-20,22-23,29-30H,11-12,14H2,1-10H3/t15?,16-,17+,19?,20?,22?,23?,25?,26+,27?/m1/s1. The number of aliphatic hydroxyl groups is 2. The zero-order valence-electron chi connectivity index (χ0n) is 21.9. The quantitative estimate of drug-likeness (QED) is 0.494. The molecule has 3 aliphatic rings. The van der Waals surface area contributed by atoms with Crippen LogP contribution in [0.2, 0.25) is 0 Å². The summed E-state index contributed by atoms with van der Waals surface area (Å²) in [5.41, 5.74) is -0.677. The first kappa shape index (κ1) is 25.9. The first-order valence-electron chi connectivity index (χ1n) is 12.3. The monoisotopic (exact) mass is 450 g/mol. The predicted octanol–water partition coefficient (Wildman–Crippen LogP) is 4.26. The SMILES string of the molecule is COC1C2C(C)(C(C)C[C@@H](C)[C@]2(CO)OC)C(C)[C@H](C)C2=C(C)C(C=O)CC1(O)C2(C)C. The third-order valence-electron chi connectivity index (χ3n) is 11.1. The second kappa shape index (κ2) is 8.18. The summed E-state index contributed by atoms with van der Waals surface area (Å²) in [4.78, 5) is 12.2. The fraction of sp³-hybridized carbons (Fsp3) is 0.889. The van der Waals surface area contributed by atoms with Gasteiger partial charge in [0.25, 0.3) is 0 Å². The van der Waals surface area contributed by atoms with Crippen LogP contribution in [0.3, 0.4) is 0 Å². The second-order valence-corrected chi connectivity index (χ2v) is 12.0. The Balaban J connectivity index is 2.45. The molecule has 32 heavy (non-hydrogen) atoms. The van der Waals surface area contributed by atoms with Crippen LogP contribution in [-0.4, -0.2) is 54.6 Å². The average molecular weight is 451 g/mol. The van der Waals surface area contributed by atoms with E-state index in [0.29, 0.717) is 12.3 Å². The molecule has 0 amide bonds. The van der Waals surface area contributed by atoms with Gasteiger partial charge in [0.15, 0.2) is 0 Å². The Labute approximate surface area is 194 Å². The van der Waals surface area contributed by atoms with Crippen LogP contribution in [0.1, 0.15) is 68.2 Å². The summed E-state index contributed by atoms with van der Waals surface area (Å²) in [6.45, 7) is 17.5. The Morgan fingerprint density at radius 3 is 2.16 bits per heavy atom. The van der Waals surface area contributed by atoms with E-state index in [1.165, 1.54) is 5.57 Å². The molecule has 0 aromatic carbocycles. The third-order valence-corrected chi connectivity index (χ3v) is 11.1. The van der Waals surface area contributed by atoms with Crippen LogP contribution >= 0.6 is 0 Å². The van der Waals surface area contributed by atoms with Crippen LogP contribution in [0.5, 0.6) is 0 Å². The van der Waals surface area contributed by atoms with Gasteiger partial charge in [0.2, 0.25) is 0 Å². The van der Waals surface area contributed by atoms with E-state index in [1.807, 2.05) is 0 Å². The first-order chi connectivity index (χ1) is 14.8. The first-order valence-corrected chi connectivity index (χ1v) is 12.3. The number of hydrogen-bond acceptors (Lipinski definition) is 5. The summed E-state index contributed by atoms with van der Waals surface area (Å²) < 4.78 is 12.5. The van der Waals surface area contributed by atoms with E-state index in [4.69, 9.17) is 9.47 Å². The highest BCUT2D eigenvalue weighted by Crippen LogP contribution is 2.67. The van der Waals surface area contributed by atoms with Crippen molar-refractivity contribution in [2.75, 3.05) is 20.8 Å². The highest BCUT2D eigenvalue weighted by atomic mass is 16.5. The van der Waals surface area contributed by atoms with E-state index in [9.17, 15) is 15.0 Å². The molecule has 0 aromatic rings. The van der Waals surface area contributed by atoms with Crippen molar-refractivity contribution in [1.29, 1.82) is 0 Å². The lowest BCUT2D eigenvalue weighted by molar-refractivity contribution is -0.292. The number of carbonyl (C=O) groups is 1. The Morgan fingerprint density at radius 1 is 1.09 bits per heavy atom. The maximum atomic E-state index is 12.6. The van der Waals surface area contributed by atoms with Crippen molar-refractivity contribution < 1.29 is 24.5 Å². The number of carbonyl (C=O) groups excluding carboxylic acids is 1. The fourth-order valence-corrected chi connectivity index (χ4v) is 8.70. The van der Waals surface area contributed by atoms with Crippen molar-refractivity contribution in [1.82, 2.24) is 0 Å². The van der Waals surface area contributed by atoms with Crippen molar-refractivity contribution in [3.05, 3.63) is 11.1 Å². The van der Waals surface area contributed by atoms with Gasteiger partial charge in [-0.05, 0) is 48.9 Å². The second-order valence-electron chi connectivity index (χ2n) is 12.0. The van der Waals surface area contributed by atoms with Crippen molar-refractivity contribution >= 4 is 6.29 Å². The van der Waals surface area contributed by atoms with E-state index in [-0.39, 0.29) is 41.6 Å². The van der Waals surface area contributed by atoms with Gasteiger partial charge in [0, 0.05) is 31.5 Å². The molecule has 2 N–H and O–H groups in total. The van der Waals surface area contributed by atoms with Gasteiger partial charge in [-0.1, -0.05) is 59.6 Å². The predicted molar refractivity (Wildman–Crippen MR) is 126 cm³/mol. The molecule has 0 aromatic heterocycles. The molecular formula is C27H46O5. The van der Waals surface area contributed by atoms with Crippen molar-refractivity contribution in [3.63, 3.8) is 0 Å². The zero-order chi connectivity index (χ0) is 24.4. The van der Waals surface area contributed by atoms with E-state index >= 15 is 0 Å². The van der Waals surface area contributed by atoms with Gasteiger partial charge in [0.05, 0.1) is 18.3 Å². The summed E-state index contributed by atoms with van der Waals surface area (Å²) in [5.74, 6) is 0.244. The highest BCUT2D eigenvalue weighted by molar-refractivity contribution is 5.61. The lowest BCUT2D eigenvalue weighted by atomic mass is 9.40. The molecule has 184 valence electrons. The average Bonchev–Trinajstić information content (AvgIpc) is 2.74. The lowest BCUT2D eigenvalue weighted by Crippen LogP contribution is -2.74. The molecule has 2 bridgehead atoms. The number of fused-ring (bicyclic) bond motifs is 3. The van der Waals surface area contributed by atoms with E-state index < -0.39 is 22.7 Å². The molecule has 7 unspecified atom stereocenters. The van der Waals surface area contributed by atoms with Crippen molar-refractivity contribution in [2.24, 2.45) is 46.3 Å². The van der Waals surface area contributed by atoms with Gasteiger partial charge in [-0.3, -0.25) is 0 Å². The Morgan fingerprint density at radius 2 is 1.69 bits per heavy atom. The number of aldehydes is 1. The van der Waals surface area contributed by atoms with Crippen LogP contribution in [-0.2, 0) is 14.3 Å². The number of ether oxygens (including phenoxy) is 2. The van der Waals surface area contributed by atoms with E-state index in [1.54, 1.807) is 14.2 Å². The maximum Gasteiger partial charge on any atom is 0.127 e. The molecule has 5 heteroatoms.